The van der Waals surface area contributed by atoms with Crippen molar-refractivity contribution in [2.45, 2.75) is 13.0 Å². The molecule has 0 unspecified atom stereocenters. The summed E-state index contributed by atoms with van der Waals surface area (Å²) in [6.45, 7) is 1.36. The first-order chi connectivity index (χ1) is 11.5. The number of aliphatic carboxylic acids is 1. The third kappa shape index (κ3) is 3.12. The molecule has 122 valence electrons. The number of carbonyl (C=O) groups excluding carboxylic acids is 1. The average molecular weight is 344 g/mol. The van der Waals surface area contributed by atoms with E-state index in [4.69, 9.17) is 20.8 Å². The number of hydrogen-bond acceptors (Lipinski definition) is 5. The van der Waals surface area contributed by atoms with Crippen LogP contribution in [0.2, 0.25) is 5.02 Å². The molecule has 1 heterocycles. The lowest BCUT2D eigenvalue weighted by Gasteiger charge is -2.15. The number of fused-ring (bicyclic) bond motifs is 1. The molecule has 3 rings (SSSR count). The van der Waals surface area contributed by atoms with E-state index in [0.717, 1.165) is 0 Å². The molecule has 0 aliphatic rings. The highest BCUT2D eigenvalue weighted by Gasteiger charge is 2.11. The van der Waals surface area contributed by atoms with Gasteiger partial charge in [0.05, 0.1) is 16.9 Å². The Kier molecular flexibility index (Phi) is 4.27. The minimum atomic E-state index is -1.32. The molecule has 0 bridgehead atoms. The lowest BCUT2D eigenvalue weighted by molar-refractivity contribution is -0.312. The number of carboxylic acids is 1. The van der Waals surface area contributed by atoms with E-state index < -0.39 is 12.1 Å². The van der Waals surface area contributed by atoms with E-state index in [1.54, 1.807) is 24.3 Å². The molecule has 0 saturated heterocycles. The highest BCUT2D eigenvalue weighted by Crippen LogP contribution is 2.24. The molecule has 0 N–H and O–H groups in total. The van der Waals surface area contributed by atoms with E-state index in [-0.39, 0.29) is 11.2 Å². The fraction of sp³-hybridized carbons (Fsp3) is 0.111. The van der Waals surface area contributed by atoms with Gasteiger partial charge in [0, 0.05) is 11.1 Å². The molecule has 0 aliphatic carbocycles. The maximum Gasteiger partial charge on any atom is 0.200 e. The van der Waals surface area contributed by atoms with Crippen molar-refractivity contribution in [3.05, 3.63) is 64.0 Å². The summed E-state index contributed by atoms with van der Waals surface area (Å²) in [5.74, 6) is -1.05. The lowest BCUT2D eigenvalue weighted by atomic mass is 10.1. The molecule has 0 fully saturated rings. The molecule has 5 nitrogen and oxygen atoms in total. The van der Waals surface area contributed by atoms with Gasteiger partial charge < -0.3 is 19.1 Å². The summed E-state index contributed by atoms with van der Waals surface area (Å²) in [6, 6.07) is 11.4. The summed E-state index contributed by atoms with van der Waals surface area (Å²) >= 11 is 5.85. The normalized spacial score (nSPS) is 12.1. The zero-order valence-corrected chi connectivity index (χ0v) is 13.4. The molecule has 6 heteroatoms. The van der Waals surface area contributed by atoms with Crippen LogP contribution in [-0.4, -0.2) is 12.1 Å². The first-order valence-corrected chi connectivity index (χ1v) is 7.52. The molecule has 0 aliphatic heterocycles. The number of benzene rings is 2. The summed E-state index contributed by atoms with van der Waals surface area (Å²) in [6.07, 6.45) is 0.252. The molecule has 2 aromatic carbocycles. The number of hydrogen-bond donors (Lipinski definition) is 0. The van der Waals surface area contributed by atoms with E-state index in [9.17, 15) is 14.7 Å². The molecule has 3 aromatic rings. The summed E-state index contributed by atoms with van der Waals surface area (Å²) in [5, 5.41) is 11.7. The Morgan fingerprint density at radius 2 is 1.92 bits per heavy atom. The van der Waals surface area contributed by atoms with E-state index in [2.05, 4.69) is 0 Å². The summed E-state index contributed by atoms with van der Waals surface area (Å²) < 4.78 is 10.7. The number of rotatable bonds is 4. The fourth-order valence-electron chi connectivity index (χ4n) is 2.26. The van der Waals surface area contributed by atoms with Gasteiger partial charge in [0.2, 0.25) is 0 Å². The van der Waals surface area contributed by atoms with Gasteiger partial charge in [0.1, 0.15) is 23.7 Å². The summed E-state index contributed by atoms with van der Waals surface area (Å²) in [5.41, 5.74) is 1.22. The second-order valence-electron chi connectivity index (χ2n) is 5.22. The monoisotopic (exact) mass is 343 g/mol. The van der Waals surface area contributed by atoms with Crippen LogP contribution in [0.15, 0.2) is 57.9 Å². The molecule has 0 amide bonds. The van der Waals surface area contributed by atoms with Crippen LogP contribution in [0.1, 0.15) is 6.92 Å². The average Bonchev–Trinajstić information content (AvgIpc) is 2.56. The predicted octanol–water partition coefficient (Wildman–Crippen LogP) is 2.63. The van der Waals surface area contributed by atoms with Crippen molar-refractivity contribution in [2.75, 3.05) is 0 Å². The van der Waals surface area contributed by atoms with Crippen molar-refractivity contribution in [1.82, 2.24) is 0 Å². The maximum absolute atomic E-state index is 12.6. The largest absolute Gasteiger partial charge is 0.546 e. The Hall–Kier alpha value is -2.79. The van der Waals surface area contributed by atoms with Gasteiger partial charge in [0.15, 0.2) is 5.43 Å². The van der Waals surface area contributed by atoms with Crippen LogP contribution in [0, 0.1) is 0 Å². The number of halogens is 1. The SMILES string of the molecule is C[C@@H](Oc1ccc2c(=O)c(-c3ccc(Cl)cc3)coc2c1)C(=O)[O-]. The van der Waals surface area contributed by atoms with Gasteiger partial charge >= 0.3 is 0 Å². The molecule has 0 saturated carbocycles. The molecule has 0 radical (unpaired) electrons. The van der Waals surface area contributed by atoms with Gasteiger partial charge in [-0.3, -0.25) is 4.79 Å². The third-order valence-corrected chi connectivity index (χ3v) is 3.80. The quantitative estimate of drug-likeness (QED) is 0.727. The topological polar surface area (TPSA) is 79.6 Å². The van der Waals surface area contributed by atoms with Gasteiger partial charge in [0.25, 0.3) is 0 Å². The standard InChI is InChI=1S/C18H13ClO5/c1-10(18(21)22)24-13-6-7-14-16(8-13)23-9-15(17(14)20)11-2-4-12(19)5-3-11/h2-10H,1H3,(H,21,22)/p-1/t10-/m1/s1. The van der Waals surface area contributed by atoms with Crippen LogP contribution >= 0.6 is 11.6 Å². The van der Waals surface area contributed by atoms with E-state index in [1.807, 2.05) is 0 Å². The zero-order chi connectivity index (χ0) is 17.3. The molecular formula is C18H12ClO5-. The number of ether oxygens (including phenoxy) is 1. The first kappa shape index (κ1) is 16.1. The van der Waals surface area contributed by atoms with Gasteiger partial charge in [-0.1, -0.05) is 23.7 Å². The molecule has 24 heavy (non-hydrogen) atoms. The van der Waals surface area contributed by atoms with Crippen LogP contribution in [0.3, 0.4) is 0 Å². The Balaban J connectivity index is 2.02. The highest BCUT2D eigenvalue weighted by molar-refractivity contribution is 6.30. The lowest BCUT2D eigenvalue weighted by Crippen LogP contribution is -2.37. The third-order valence-electron chi connectivity index (χ3n) is 3.55. The van der Waals surface area contributed by atoms with Gasteiger partial charge in [-0.05, 0) is 36.8 Å². The maximum atomic E-state index is 12.6. The van der Waals surface area contributed by atoms with Crippen LogP contribution in [0.25, 0.3) is 22.1 Å². The smallest absolute Gasteiger partial charge is 0.200 e. The Bertz CT molecular complexity index is 959. The van der Waals surface area contributed by atoms with E-state index in [1.165, 1.54) is 31.4 Å². The van der Waals surface area contributed by atoms with Crippen LogP contribution < -0.4 is 15.3 Å². The van der Waals surface area contributed by atoms with Crippen molar-refractivity contribution in [2.24, 2.45) is 0 Å². The van der Waals surface area contributed by atoms with Crippen molar-refractivity contribution in [1.29, 1.82) is 0 Å². The van der Waals surface area contributed by atoms with Crippen molar-refractivity contribution >= 4 is 28.5 Å². The minimum Gasteiger partial charge on any atom is -0.546 e. The summed E-state index contributed by atoms with van der Waals surface area (Å²) in [7, 11) is 0. The minimum absolute atomic E-state index is 0.196. The van der Waals surface area contributed by atoms with Gasteiger partial charge in [-0.25, -0.2) is 0 Å². The molecule has 1 atom stereocenters. The van der Waals surface area contributed by atoms with Crippen molar-refractivity contribution in [3.63, 3.8) is 0 Å². The van der Waals surface area contributed by atoms with Crippen LogP contribution in [-0.2, 0) is 4.79 Å². The van der Waals surface area contributed by atoms with Crippen LogP contribution in [0.4, 0.5) is 0 Å². The van der Waals surface area contributed by atoms with E-state index in [0.29, 0.717) is 27.1 Å². The second kappa shape index (κ2) is 6.37. The predicted molar refractivity (Wildman–Crippen MR) is 88.0 cm³/mol. The Labute approximate surface area is 142 Å². The summed E-state index contributed by atoms with van der Waals surface area (Å²) in [4.78, 5) is 23.3. The molecule has 0 spiro atoms. The van der Waals surface area contributed by atoms with Gasteiger partial charge in [-0.2, -0.15) is 0 Å². The number of carbonyl (C=O) groups is 1. The van der Waals surface area contributed by atoms with Crippen molar-refractivity contribution in [3.8, 4) is 16.9 Å². The first-order valence-electron chi connectivity index (χ1n) is 7.15. The fourth-order valence-corrected chi connectivity index (χ4v) is 2.39. The zero-order valence-electron chi connectivity index (χ0n) is 12.6. The van der Waals surface area contributed by atoms with Crippen molar-refractivity contribution < 1.29 is 19.1 Å². The number of carboxylic acid groups (broad SMARTS) is 1. The van der Waals surface area contributed by atoms with Crippen LogP contribution in [0.5, 0.6) is 5.75 Å². The Morgan fingerprint density at radius 3 is 2.58 bits per heavy atom. The van der Waals surface area contributed by atoms with Gasteiger partial charge in [-0.15, -0.1) is 0 Å². The van der Waals surface area contributed by atoms with E-state index >= 15 is 0 Å². The Morgan fingerprint density at radius 1 is 1.21 bits per heavy atom. The highest BCUT2D eigenvalue weighted by atomic mass is 35.5. The molecule has 1 aromatic heterocycles. The molecular weight excluding hydrogens is 332 g/mol. The second-order valence-corrected chi connectivity index (χ2v) is 5.66.